The standard InChI is InChI=1S/C30H23Cl2N3O3S/c1-2-37-26-17-21(12-15-25(26)38-19-20-10-13-22(31)14-11-20)18-27-29(36)35(23-7-4-3-5-8-23)30(39-27)34-24-9-6-16-33-28(24)32/h3-18H,2,19H2,1H3/b27-18-,34-30?. The van der Waals surface area contributed by atoms with E-state index < -0.39 is 0 Å². The molecule has 0 spiro atoms. The first kappa shape index (κ1) is 26.8. The molecule has 39 heavy (non-hydrogen) atoms. The molecule has 0 atom stereocenters. The zero-order valence-electron chi connectivity index (χ0n) is 20.9. The highest BCUT2D eigenvalue weighted by Gasteiger charge is 2.35. The van der Waals surface area contributed by atoms with Gasteiger partial charge in [0.15, 0.2) is 21.8 Å². The molecule has 4 aromatic rings. The Kier molecular flexibility index (Phi) is 8.51. The lowest BCUT2D eigenvalue weighted by Crippen LogP contribution is -2.28. The summed E-state index contributed by atoms with van der Waals surface area (Å²) < 4.78 is 11.9. The number of aliphatic imine (C=N–C) groups is 1. The van der Waals surface area contributed by atoms with Crippen molar-refractivity contribution in [3.05, 3.63) is 117 Å². The molecule has 0 N–H and O–H groups in total. The zero-order chi connectivity index (χ0) is 27.2. The van der Waals surface area contributed by atoms with E-state index in [1.54, 1.807) is 23.2 Å². The van der Waals surface area contributed by atoms with Gasteiger partial charge in [-0.3, -0.25) is 9.69 Å². The summed E-state index contributed by atoms with van der Waals surface area (Å²) in [6.07, 6.45) is 3.42. The van der Waals surface area contributed by atoms with Crippen molar-refractivity contribution in [2.45, 2.75) is 13.5 Å². The molecule has 0 radical (unpaired) electrons. The van der Waals surface area contributed by atoms with Crippen LogP contribution in [-0.2, 0) is 11.4 Å². The summed E-state index contributed by atoms with van der Waals surface area (Å²) in [6.45, 7) is 2.75. The van der Waals surface area contributed by atoms with Crippen molar-refractivity contribution in [1.29, 1.82) is 0 Å². The third-order valence-electron chi connectivity index (χ3n) is 5.65. The van der Waals surface area contributed by atoms with Gasteiger partial charge in [0.1, 0.15) is 12.3 Å². The summed E-state index contributed by atoms with van der Waals surface area (Å²) in [4.78, 5) is 24.5. The van der Waals surface area contributed by atoms with Crippen LogP contribution in [0.15, 0.2) is 101 Å². The van der Waals surface area contributed by atoms with E-state index in [1.165, 1.54) is 11.8 Å². The molecule has 3 aromatic carbocycles. The number of ether oxygens (including phenoxy) is 2. The Balaban J connectivity index is 1.45. The topological polar surface area (TPSA) is 64.0 Å². The van der Waals surface area contributed by atoms with E-state index in [0.29, 0.717) is 51.2 Å². The van der Waals surface area contributed by atoms with E-state index in [0.717, 1.165) is 11.1 Å². The molecule has 1 amide bonds. The molecular weight excluding hydrogens is 553 g/mol. The molecule has 1 aromatic heterocycles. The highest BCUT2D eigenvalue weighted by molar-refractivity contribution is 8.19. The number of hydrogen-bond acceptors (Lipinski definition) is 6. The van der Waals surface area contributed by atoms with Crippen LogP contribution in [0.2, 0.25) is 10.2 Å². The number of aromatic nitrogens is 1. The Morgan fingerprint density at radius 2 is 1.74 bits per heavy atom. The number of nitrogens with zero attached hydrogens (tertiary/aromatic N) is 3. The molecule has 6 nitrogen and oxygen atoms in total. The molecule has 1 saturated heterocycles. The number of hydrogen-bond donors (Lipinski definition) is 0. The van der Waals surface area contributed by atoms with Gasteiger partial charge in [-0.2, -0.15) is 0 Å². The van der Waals surface area contributed by atoms with Crippen LogP contribution in [0.25, 0.3) is 6.08 Å². The number of rotatable bonds is 8. The second-order valence-electron chi connectivity index (χ2n) is 8.35. The van der Waals surface area contributed by atoms with Gasteiger partial charge in [0, 0.05) is 11.2 Å². The van der Waals surface area contributed by atoms with Crippen LogP contribution in [0, 0.1) is 0 Å². The van der Waals surface area contributed by atoms with Gasteiger partial charge in [0.05, 0.1) is 17.2 Å². The smallest absolute Gasteiger partial charge is 0.271 e. The van der Waals surface area contributed by atoms with E-state index in [1.807, 2.05) is 85.8 Å². The predicted molar refractivity (Wildman–Crippen MR) is 159 cm³/mol. The second kappa shape index (κ2) is 12.4. The van der Waals surface area contributed by atoms with E-state index >= 15 is 0 Å². The number of carbonyl (C=O) groups excluding carboxylic acids is 1. The lowest BCUT2D eigenvalue weighted by molar-refractivity contribution is -0.113. The Morgan fingerprint density at radius 1 is 0.949 bits per heavy atom. The molecule has 1 aliphatic heterocycles. The number of carbonyl (C=O) groups is 1. The number of halogens is 2. The first-order valence-corrected chi connectivity index (χ1v) is 13.7. The normalized spacial score (nSPS) is 15.3. The minimum atomic E-state index is -0.189. The van der Waals surface area contributed by atoms with Crippen LogP contribution in [0.4, 0.5) is 11.4 Å². The fraction of sp³-hybridized carbons (Fsp3) is 0.100. The van der Waals surface area contributed by atoms with Gasteiger partial charge in [-0.25, -0.2) is 9.98 Å². The van der Waals surface area contributed by atoms with Crippen molar-refractivity contribution >= 4 is 63.5 Å². The molecule has 196 valence electrons. The SMILES string of the molecule is CCOc1cc(/C=C2\SC(=Nc3cccnc3Cl)N(c3ccccc3)C2=O)ccc1OCc1ccc(Cl)cc1. The van der Waals surface area contributed by atoms with Gasteiger partial charge in [-0.05, 0) is 84.4 Å². The molecule has 9 heteroatoms. The number of benzene rings is 3. The number of amidine groups is 1. The molecule has 1 fully saturated rings. The molecule has 0 bridgehead atoms. The fourth-order valence-electron chi connectivity index (χ4n) is 3.81. The lowest BCUT2D eigenvalue weighted by Gasteiger charge is -2.15. The molecule has 5 rings (SSSR count). The van der Waals surface area contributed by atoms with Crippen LogP contribution < -0.4 is 14.4 Å². The van der Waals surface area contributed by atoms with Crippen molar-refractivity contribution in [1.82, 2.24) is 4.98 Å². The Labute approximate surface area is 240 Å². The molecule has 0 aliphatic carbocycles. The van der Waals surface area contributed by atoms with Crippen molar-refractivity contribution in [3.63, 3.8) is 0 Å². The quantitative estimate of drug-likeness (QED) is 0.156. The maximum atomic E-state index is 13.6. The fourth-order valence-corrected chi connectivity index (χ4v) is 5.09. The Morgan fingerprint density at radius 3 is 2.49 bits per heavy atom. The number of anilines is 1. The average Bonchev–Trinajstić information content (AvgIpc) is 3.25. The summed E-state index contributed by atoms with van der Waals surface area (Å²) in [6, 6.07) is 26.0. The molecule has 0 saturated carbocycles. The Hall–Kier alpha value is -3.78. The number of para-hydroxylation sites is 1. The summed E-state index contributed by atoms with van der Waals surface area (Å²) in [7, 11) is 0. The van der Waals surface area contributed by atoms with Crippen LogP contribution in [0.1, 0.15) is 18.1 Å². The minimum absolute atomic E-state index is 0.189. The van der Waals surface area contributed by atoms with E-state index in [9.17, 15) is 4.79 Å². The third kappa shape index (κ3) is 6.45. The highest BCUT2D eigenvalue weighted by atomic mass is 35.5. The summed E-state index contributed by atoms with van der Waals surface area (Å²) in [5.74, 6) is 1.01. The van der Waals surface area contributed by atoms with Crippen LogP contribution in [0.3, 0.4) is 0 Å². The highest BCUT2D eigenvalue weighted by Crippen LogP contribution is 2.39. The summed E-state index contributed by atoms with van der Waals surface area (Å²) in [5, 5.41) is 1.42. The van der Waals surface area contributed by atoms with Crippen LogP contribution in [0.5, 0.6) is 11.5 Å². The maximum absolute atomic E-state index is 13.6. The molecule has 0 unspecified atom stereocenters. The largest absolute Gasteiger partial charge is 0.490 e. The van der Waals surface area contributed by atoms with Gasteiger partial charge < -0.3 is 9.47 Å². The number of pyridine rings is 1. The second-order valence-corrected chi connectivity index (χ2v) is 10.2. The zero-order valence-corrected chi connectivity index (χ0v) is 23.2. The van der Waals surface area contributed by atoms with E-state index in [-0.39, 0.29) is 11.1 Å². The van der Waals surface area contributed by atoms with Gasteiger partial charge >= 0.3 is 0 Å². The van der Waals surface area contributed by atoms with Crippen molar-refractivity contribution < 1.29 is 14.3 Å². The number of amides is 1. The summed E-state index contributed by atoms with van der Waals surface area (Å²) >= 11 is 13.5. The molecule has 1 aliphatic rings. The van der Waals surface area contributed by atoms with Gasteiger partial charge in [-0.15, -0.1) is 0 Å². The van der Waals surface area contributed by atoms with Crippen LogP contribution in [-0.4, -0.2) is 22.7 Å². The molecular formula is C30H23Cl2N3O3S. The third-order valence-corrected chi connectivity index (χ3v) is 7.16. The molecule has 2 heterocycles. The van der Waals surface area contributed by atoms with Gasteiger partial charge in [0.25, 0.3) is 5.91 Å². The van der Waals surface area contributed by atoms with E-state index in [4.69, 9.17) is 32.7 Å². The first-order valence-electron chi connectivity index (χ1n) is 12.1. The van der Waals surface area contributed by atoms with Crippen LogP contribution >= 0.6 is 35.0 Å². The Bertz CT molecular complexity index is 1540. The van der Waals surface area contributed by atoms with Crippen molar-refractivity contribution in [2.24, 2.45) is 4.99 Å². The summed E-state index contributed by atoms with van der Waals surface area (Å²) in [5.41, 5.74) is 2.97. The van der Waals surface area contributed by atoms with Gasteiger partial charge in [-0.1, -0.05) is 59.6 Å². The van der Waals surface area contributed by atoms with E-state index in [2.05, 4.69) is 9.98 Å². The first-order chi connectivity index (χ1) is 19.0. The average molecular weight is 577 g/mol. The van der Waals surface area contributed by atoms with Crippen molar-refractivity contribution in [2.75, 3.05) is 11.5 Å². The lowest BCUT2D eigenvalue weighted by atomic mass is 10.1. The monoisotopic (exact) mass is 575 g/mol. The minimum Gasteiger partial charge on any atom is -0.490 e. The van der Waals surface area contributed by atoms with Crippen molar-refractivity contribution in [3.8, 4) is 11.5 Å². The predicted octanol–water partition coefficient (Wildman–Crippen LogP) is 8.17. The van der Waals surface area contributed by atoms with Gasteiger partial charge in [0.2, 0.25) is 0 Å². The number of thioether (sulfide) groups is 1. The maximum Gasteiger partial charge on any atom is 0.271 e.